The smallest absolute Gasteiger partial charge is 0.242 e. The van der Waals surface area contributed by atoms with E-state index in [0.29, 0.717) is 23.1 Å². The molecule has 30 heavy (non-hydrogen) atoms. The highest BCUT2D eigenvalue weighted by molar-refractivity contribution is 7.23. The lowest BCUT2D eigenvalue weighted by atomic mass is 10.2. The third-order valence-corrected chi connectivity index (χ3v) is 7.16. The quantitative estimate of drug-likeness (QED) is 0.611. The normalized spacial score (nSPS) is 14.0. The molecule has 0 spiro atoms. The van der Waals surface area contributed by atoms with Gasteiger partial charge in [0.2, 0.25) is 11.8 Å². The molecule has 2 amide bonds. The van der Waals surface area contributed by atoms with Gasteiger partial charge in [-0.05, 0) is 24.3 Å². The molecule has 0 bridgehead atoms. The second kappa shape index (κ2) is 9.59. The number of thiazole rings is 1. The van der Waals surface area contributed by atoms with Crippen LogP contribution in [0, 0.1) is 0 Å². The summed E-state index contributed by atoms with van der Waals surface area (Å²) in [6.45, 7) is 2.91. The number of carbonyl (C=O) groups is 2. The van der Waals surface area contributed by atoms with Crippen LogP contribution in [0.15, 0.2) is 47.8 Å². The molecule has 1 aliphatic rings. The molecular formula is C21H21ClN4O2S2. The number of halogens is 1. The molecule has 3 heterocycles. The lowest BCUT2D eigenvalue weighted by Gasteiger charge is -2.36. The molecule has 0 atom stereocenters. The Bertz CT molecular complexity index is 1010. The number of hydrogen-bond donors (Lipinski definition) is 1. The van der Waals surface area contributed by atoms with Crippen LogP contribution in [0.1, 0.15) is 5.69 Å². The van der Waals surface area contributed by atoms with Crippen LogP contribution in [0.5, 0.6) is 0 Å². The van der Waals surface area contributed by atoms with Gasteiger partial charge in [-0.25, -0.2) is 4.98 Å². The summed E-state index contributed by atoms with van der Waals surface area (Å²) in [5.74, 6) is -0.254. The van der Waals surface area contributed by atoms with Crippen LogP contribution in [0.25, 0.3) is 9.88 Å². The third kappa shape index (κ3) is 5.19. The molecule has 0 radical (unpaired) electrons. The van der Waals surface area contributed by atoms with E-state index in [0.717, 1.165) is 23.0 Å². The summed E-state index contributed by atoms with van der Waals surface area (Å²) >= 11 is 8.91. The van der Waals surface area contributed by atoms with Gasteiger partial charge >= 0.3 is 0 Å². The Balaban J connectivity index is 1.22. The number of amides is 2. The van der Waals surface area contributed by atoms with Crippen LogP contribution in [-0.2, 0) is 16.0 Å². The lowest BCUT2D eigenvalue weighted by Crippen LogP contribution is -2.51. The Kier molecular flexibility index (Phi) is 6.66. The van der Waals surface area contributed by atoms with E-state index >= 15 is 0 Å². The minimum atomic E-state index is -0.202. The molecule has 1 N–H and O–H groups in total. The molecule has 3 aromatic rings. The molecule has 2 aromatic heterocycles. The number of rotatable bonds is 6. The number of nitrogens with zero attached hydrogens (tertiary/aromatic N) is 3. The van der Waals surface area contributed by atoms with Gasteiger partial charge in [-0.2, -0.15) is 0 Å². The van der Waals surface area contributed by atoms with E-state index in [2.05, 4.69) is 27.3 Å². The first-order valence-electron chi connectivity index (χ1n) is 9.63. The van der Waals surface area contributed by atoms with Crippen molar-refractivity contribution in [1.29, 1.82) is 0 Å². The van der Waals surface area contributed by atoms with Crippen molar-refractivity contribution in [3.63, 3.8) is 0 Å². The topological polar surface area (TPSA) is 65.5 Å². The number of nitrogens with one attached hydrogen (secondary N) is 1. The van der Waals surface area contributed by atoms with Crippen molar-refractivity contribution >= 4 is 51.8 Å². The summed E-state index contributed by atoms with van der Waals surface area (Å²) in [6, 6.07) is 13.9. The van der Waals surface area contributed by atoms with Gasteiger partial charge < -0.3 is 15.1 Å². The maximum atomic E-state index is 12.5. The van der Waals surface area contributed by atoms with E-state index in [4.69, 9.17) is 11.6 Å². The third-order valence-electron chi connectivity index (χ3n) is 4.87. The first-order valence-corrected chi connectivity index (χ1v) is 11.7. The Morgan fingerprint density at radius 3 is 2.53 bits per heavy atom. The predicted octanol–water partition coefficient (Wildman–Crippen LogP) is 3.53. The van der Waals surface area contributed by atoms with Crippen molar-refractivity contribution in [2.75, 3.05) is 37.6 Å². The van der Waals surface area contributed by atoms with Crippen LogP contribution < -0.4 is 10.2 Å². The Morgan fingerprint density at radius 1 is 1.07 bits per heavy atom. The summed E-state index contributed by atoms with van der Waals surface area (Å²) in [7, 11) is 0. The molecule has 0 unspecified atom stereocenters. The van der Waals surface area contributed by atoms with Gasteiger partial charge in [-0.15, -0.1) is 22.7 Å². The Morgan fingerprint density at radius 2 is 1.83 bits per heavy atom. The van der Waals surface area contributed by atoms with Crippen molar-refractivity contribution in [3.8, 4) is 9.88 Å². The van der Waals surface area contributed by atoms with Crippen molar-refractivity contribution in [1.82, 2.24) is 15.2 Å². The molecule has 1 saturated heterocycles. The van der Waals surface area contributed by atoms with E-state index in [1.807, 2.05) is 35.7 Å². The van der Waals surface area contributed by atoms with Crippen LogP contribution >= 0.6 is 34.3 Å². The van der Waals surface area contributed by atoms with Crippen LogP contribution in [0.4, 0.5) is 5.69 Å². The molecule has 0 aliphatic carbocycles. The number of aromatic nitrogens is 1. The highest BCUT2D eigenvalue weighted by atomic mass is 35.5. The molecule has 1 aromatic carbocycles. The second-order valence-corrected chi connectivity index (χ2v) is 9.48. The predicted molar refractivity (Wildman–Crippen MR) is 122 cm³/mol. The van der Waals surface area contributed by atoms with Gasteiger partial charge in [0.15, 0.2) is 0 Å². The number of hydrogen-bond acceptors (Lipinski definition) is 6. The van der Waals surface area contributed by atoms with Gasteiger partial charge in [-0.3, -0.25) is 9.59 Å². The van der Waals surface area contributed by atoms with Gasteiger partial charge in [0.05, 0.1) is 27.9 Å². The number of para-hydroxylation sites is 1. The fourth-order valence-corrected chi connectivity index (χ4v) is 5.23. The standard InChI is InChI=1S/C21H21ClN4O2S2/c22-18-7-6-17(30-18)21-24-15(14-29-21)12-19(27)23-13-20(28)26-10-8-25(9-11-26)16-4-2-1-3-5-16/h1-7,14H,8-13H2,(H,23,27). The van der Waals surface area contributed by atoms with Crippen molar-refractivity contribution in [2.24, 2.45) is 0 Å². The number of piperazine rings is 1. The fraction of sp³-hybridized carbons (Fsp3) is 0.286. The minimum Gasteiger partial charge on any atom is -0.368 e. The Hall–Kier alpha value is -2.42. The number of thiophene rings is 1. The van der Waals surface area contributed by atoms with E-state index in [-0.39, 0.29) is 24.8 Å². The van der Waals surface area contributed by atoms with Crippen LogP contribution in [0.2, 0.25) is 4.34 Å². The van der Waals surface area contributed by atoms with Crippen LogP contribution in [0.3, 0.4) is 0 Å². The van der Waals surface area contributed by atoms with Crippen molar-refractivity contribution < 1.29 is 9.59 Å². The Labute approximate surface area is 188 Å². The van der Waals surface area contributed by atoms with E-state index in [1.165, 1.54) is 28.4 Å². The van der Waals surface area contributed by atoms with E-state index in [9.17, 15) is 9.59 Å². The zero-order chi connectivity index (χ0) is 20.9. The molecule has 156 valence electrons. The summed E-state index contributed by atoms with van der Waals surface area (Å²) in [4.78, 5) is 34.3. The van der Waals surface area contributed by atoms with Gasteiger partial charge in [-0.1, -0.05) is 29.8 Å². The average molecular weight is 461 g/mol. The lowest BCUT2D eigenvalue weighted by molar-refractivity contribution is -0.133. The monoisotopic (exact) mass is 460 g/mol. The second-order valence-electron chi connectivity index (χ2n) is 6.90. The average Bonchev–Trinajstić information content (AvgIpc) is 3.41. The number of anilines is 1. The summed E-state index contributed by atoms with van der Waals surface area (Å²) < 4.78 is 0.711. The highest BCUT2D eigenvalue weighted by Gasteiger charge is 2.21. The first-order chi connectivity index (χ1) is 14.6. The first kappa shape index (κ1) is 20.8. The largest absolute Gasteiger partial charge is 0.368 e. The molecular weight excluding hydrogens is 440 g/mol. The number of carbonyl (C=O) groups excluding carboxylic acids is 2. The SMILES string of the molecule is O=C(Cc1csc(-c2ccc(Cl)s2)n1)NCC(=O)N1CCN(c2ccccc2)CC1. The molecule has 0 saturated carbocycles. The summed E-state index contributed by atoms with van der Waals surface area (Å²) in [5, 5.41) is 5.44. The maximum absolute atomic E-state index is 12.5. The summed E-state index contributed by atoms with van der Waals surface area (Å²) in [6.07, 6.45) is 0.157. The van der Waals surface area contributed by atoms with Crippen molar-refractivity contribution in [2.45, 2.75) is 6.42 Å². The van der Waals surface area contributed by atoms with E-state index in [1.54, 1.807) is 4.90 Å². The minimum absolute atomic E-state index is 0.0156. The zero-order valence-electron chi connectivity index (χ0n) is 16.2. The van der Waals surface area contributed by atoms with Crippen LogP contribution in [-0.4, -0.2) is 54.4 Å². The van der Waals surface area contributed by atoms with Crippen molar-refractivity contribution in [3.05, 3.63) is 57.9 Å². The molecule has 4 rings (SSSR count). The molecule has 9 heteroatoms. The maximum Gasteiger partial charge on any atom is 0.242 e. The number of benzene rings is 1. The summed E-state index contributed by atoms with van der Waals surface area (Å²) in [5.41, 5.74) is 1.87. The fourth-order valence-electron chi connectivity index (χ4n) is 3.30. The zero-order valence-corrected chi connectivity index (χ0v) is 18.6. The van der Waals surface area contributed by atoms with E-state index < -0.39 is 0 Å². The molecule has 6 nitrogen and oxygen atoms in total. The molecule has 1 aliphatic heterocycles. The van der Waals surface area contributed by atoms with Gasteiger partial charge in [0.1, 0.15) is 5.01 Å². The van der Waals surface area contributed by atoms with Gasteiger partial charge in [0, 0.05) is 37.2 Å². The molecule has 1 fully saturated rings. The van der Waals surface area contributed by atoms with Gasteiger partial charge in [0.25, 0.3) is 0 Å². The highest BCUT2D eigenvalue weighted by Crippen LogP contribution is 2.32.